The molecule has 1 aromatic rings. The van der Waals surface area contributed by atoms with Crippen LogP contribution >= 0.6 is 0 Å². The van der Waals surface area contributed by atoms with Crippen molar-refractivity contribution in [2.24, 2.45) is 0 Å². The Morgan fingerprint density at radius 3 is 3.10 bits per heavy atom. The summed E-state index contributed by atoms with van der Waals surface area (Å²) < 4.78 is 10.7. The molecule has 1 N–H and O–H groups in total. The number of methoxy groups -OCH3 is 1. The lowest BCUT2D eigenvalue weighted by atomic mass is 9.97. The molecule has 1 aliphatic carbocycles. The molecule has 1 fully saturated rings. The molecular weight excluding hydrogens is 270 g/mol. The van der Waals surface area contributed by atoms with E-state index in [0.29, 0.717) is 12.2 Å². The maximum absolute atomic E-state index is 11.9. The summed E-state index contributed by atoms with van der Waals surface area (Å²) in [7, 11) is 1.61. The minimum Gasteiger partial charge on any atom is -0.495 e. The van der Waals surface area contributed by atoms with E-state index in [-0.39, 0.29) is 5.78 Å². The number of para-hydroxylation sites is 1. The Morgan fingerprint density at radius 2 is 2.29 bits per heavy atom. The number of ether oxygens (including phenoxy) is 2. The SMILES string of the molecule is COc1cccc2c1N(C1=CC(=O)C3OC3C1O)CC=C2. The normalized spacial score (nSPS) is 29.6. The number of epoxide rings is 1. The number of aliphatic hydroxyl groups excluding tert-OH is 1. The second-order valence-electron chi connectivity index (χ2n) is 5.35. The van der Waals surface area contributed by atoms with E-state index in [2.05, 4.69) is 0 Å². The van der Waals surface area contributed by atoms with E-state index in [4.69, 9.17) is 9.47 Å². The van der Waals surface area contributed by atoms with Crippen LogP contribution in [0, 0.1) is 0 Å². The Balaban J connectivity index is 1.81. The van der Waals surface area contributed by atoms with Crippen LogP contribution in [0.1, 0.15) is 5.56 Å². The zero-order valence-electron chi connectivity index (χ0n) is 11.5. The molecule has 3 unspecified atom stereocenters. The number of anilines is 1. The summed E-state index contributed by atoms with van der Waals surface area (Å²) in [6.45, 7) is 0.584. The second kappa shape index (κ2) is 4.44. The fraction of sp³-hybridized carbons (Fsp3) is 0.312. The molecule has 1 saturated heterocycles. The van der Waals surface area contributed by atoms with Crippen LogP contribution in [0.25, 0.3) is 6.08 Å². The average Bonchev–Trinajstić information content (AvgIpc) is 3.31. The third kappa shape index (κ3) is 1.81. The summed E-state index contributed by atoms with van der Waals surface area (Å²) in [5.41, 5.74) is 2.45. The number of hydrogen-bond acceptors (Lipinski definition) is 5. The lowest BCUT2D eigenvalue weighted by Crippen LogP contribution is -2.39. The second-order valence-corrected chi connectivity index (χ2v) is 5.35. The van der Waals surface area contributed by atoms with Gasteiger partial charge in [-0.15, -0.1) is 0 Å². The smallest absolute Gasteiger partial charge is 0.189 e. The van der Waals surface area contributed by atoms with Crippen molar-refractivity contribution in [1.29, 1.82) is 0 Å². The molecule has 0 aromatic heterocycles. The third-order valence-electron chi connectivity index (χ3n) is 4.13. The number of rotatable bonds is 2. The maximum Gasteiger partial charge on any atom is 0.189 e. The van der Waals surface area contributed by atoms with Gasteiger partial charge in [0.25, 0.3) is 0 Å². The van der Waals surface area contributed by atoms with Gasteiger partial charge in [0.05, 0.1) is 18.5 Å². The molecule has 0 spiro atoms. The van der Waals surface area contributed by atoms with E-state index in [1.807, 2.05) is 35.3 Å². The molecule has 5 nitrogen and oxygen atoms in total. The number of ketones is 1. The van der Waals surface area contributed by atoms with E-state index in [1.54, 1.807) is 7.11 Å². The van der Waals surface area contributed by atoms with Crippen molar-refractivity contribution in [3.05, 3.63) is 41.6 Å². The number of hydrogen-bond donors (Lipinski definition) is 1. The fourth-order valence-electron chi connectivity index (χ4n) is 3.05. The first kappa shape index (κ1) is 12.6. The Kier molecular flexibility index (Phi) is 2.67. The summed E-state index contributed by atoms with van der Waals surface area (Å²) in [5.74, 6) is 0.641. The maximum atomic E-state index is 11.9. The number of carbonyl (C=O) groups is 1. The molecule has 21 heavy (non-hydrogen) atoms. The highest BCUT2D eigenvalue weighted by Gasteiger charge is 2.54. The molecule has 3 aliphatic rings. The summed E-state index contributed by atoms with van der Waals surface area (Å²) in [6, 6.07) is 5.77. The van der Waals surface area contributed by atoms with Gasteiger partial charge in [0.1, 0.15) is 24.1 Å². The summed E-state index contributed by atoms with van der Waals surface area (Å²) in [5, 5.41) is 10.4. The van der Waals surface area contributed by atoms with Gasteiger partial charge in [-0.05, 0) is 6.07 Å². The van der Waals surface area contributed by atoms with E-state index in [0.717, 1.165) is 17.0 Å². The molecule has 0 saturated carbocycles. The number of benzene rings is 1. The van der Waals surface area contributed by atoms with Crippen LogP contribution in [0.2, 0.25) is 0 Å². The monoisotopic (exact) mass is 285 g/mol. The Bertz CT molecular complexity index is 679. The Hall–Kier alpha value is -2.11. The predicted octanol–water partition coefficient (Wildman–Crippen LogP) is 1.12. The molecule has 0 amide bonds. The van der Waals surface area contributed by atoms with Gasteiger partial charge < -0.3 is 19.5 Å². The molecule has 3 atom stereocenters. The van der Waals surface area contributed by atoms with Crippen molar-refractivity contribution in [2.75, 3.05) is 18.6 Å². The Morgan fingerprint density at radius 1 is 1.43 bits per heavy atom. The van der Waals surface area contributed by atoms with Crippen LogP contribution < -0.4 is 9.64 Å². The number of aliphatic hydroxyl groups is 1. The van der Waals surface area contributed by atoms with Gasteiger partial charge in [0.2, 0.25) is 0 Å². The van der Waals surface area contributed by atoms with E-state index in [9.17, 15) is 9.90 Å². The molecule has 4 rings (SSSR count). The average molecular weight is 285 g/mol. The van der Waals surface area contributed by atoms with Gasteiger partial charge in [-0.25, -0.2) is 0 Å². The first-order valence-corrected chi connectivity index (χ1v) is 6.91. The fourth-order valence-corrected chi connectivity index (χ4v) is 3.05. The molecular formula is C16H15NO4. The number of fused-ring (bicyclic) bond motifs is 2. The van der Waals surface area contributed by atoms with E-state index in [1.165, 1.54) is 6.08 Å². The molecule has 2 aliphatic heterocycles. The molecule has 1 aromatic carbocycles. The van der Waals surface area contributed by atoms with Crippen molar-refractivity contribution in [3.63, 3.8) is 0 Å². The van der Waals surface area contributed by atoms with E-state index < -0.39 is 18.3 Å². The van der Waals surface area contributed by atoms with Gasteiger partial charge in [0.15, 0.2) is 5.78 Å². The van der Waals surface area contributed by atoms with Gasteiger partial charge in [0, 0.05) is 18.2 Å². The largest absolute Gasteiger partial charge is 0.495 e. The zero-order valence-corrected chi connectivity index (χ0v) is 11.5. The minimum absolute atomic E-state index is 0.0775. The van der Waals surface area contributed by atoms with Crippen molar-refractivity contribution in [1.82, 2.24) is 0 Å². The lowest BCUT2D eigenvalue weighted by Gasteiger charge is -2.34. The van der Waals surface area contributed by atoms with Crippen molar-refractivity contribution >= 4 is 17.5 Å². The van der Waals surface area contributed by atoms with Crippen LogP contribution in [0.3, 0.4) is 0 Å². The first-order valence-electron chi connectivity index (χ1n) is 6.91. The van der Waals surface area contributed by atoms with Gasteiger partial charge in [-0.2, -0.15) is 0 Å². The highest BCUT2D eigenvalue weighted by atomic mass is 16.6. The van der Waals surface area contributed by atoms with Crippen LogP contribution in [0.4, 0.5) is 5.69 Å². The molecule has 5 heteroatoms. The predicted molar refractivity (Wildman–Crippen MR) is 77.1 cm³/mol. The van der Waals surface area contributed by atoms with E-state index >= 15 is 0 Å². The third-order valence-corrected chi connectivity index (χ3v) is 4.13. The molecule has 0 radical (unpaired) electrons. The lowest BCUT2D eigenvalue weighted by molar-refractivity contribution is -0.116. The van der Waals surface area contributed by atoms with Gasteiger partial charge >= 0.3 is 0 Å². The quantitative estimate of drug-likeness (QED) is 0.825. The molecule has 2 heterocycles. The van der Waals surface area contributed by atoms with Crippen LogP contribution in [-0.4, -0.2) is 42.9 Å². The minimum atomic E-state index is -0.781. The number of nitrogens with zero attached hydrogens (tertiary/aromatic N) is 1. The Labute approximate surface area is 122 Å². The highest BCUT2D eigenvalue weighted by molar-refractivity contribution is 5.99. The van der Waals surface area contributed by atoms with Crippen molar-refractivity contribution < 1.29 is 19.4 Å². The first-order chi connectivity index (χ1) is 10.2. The summed E-state index contributed by atoms with van der Waals surface area (Å²) in [4.78, 5) is 13.8. The van der Waals surface area contributed by atoms with Crippen LogP contribution in [0.5, 0.6) is 5.75 Å². The van der Waals surface area contributed by atoms with Gasteiger partial charge in [-0.1, -0.05) is 24.3 Å². The van der Waals surface area contributed by atoms with Crippen LogP contribution in [0.15, 0.2) is 36.0 Å². The van der Waals surface area contributed by atoms with Crippen LogP contribution in [-0.2, 0) is 9.53 Å². The van der Waals surface area contributed by atoms with Gasteiger partial charge in [-0.3, -0.25) is 4.79 Å². The standard InChI is InChI=1S/C16H15NO4/c1-20-12-6-2-4-9-5-3-7-17(13(9)12)10-8-11(18)15-16(21-15)14(10)19/h2-6,8,14-16,19H,7H2,1H3. The molecule has 108 valence electrons. The zero-order chi connectivity index (χ0) is 14.6. The summed E-state index contributed by atoms with van der Waals surface area (Å²) >= 11 is 0. The topological polar surface area (TPSA) is 62.3 Å². The van der Waals surface area contributed by atoms with Crippen molar-refractivity contribution in [2.45, 2.75) is 18.3 Å². The number of carbonyl (C=O) groups excluding carboxylic acids is 1. The summed E-state index contributed by atoms with van der Waals surface area (Å²) in [6.07, 6.45) is 3.87. The highest BCUT2D eigenvalue weighted by Crippen LogP contribution is 2.42. The van der Waals surface area contributed by atoms with Crippen molar-refractivity contribution in [3.8, 4) is 5.75 Å². The molecule has 0 bridgehead atoms.